The standard InChI is InChI=1S/C33H53N4P2/c1-22(2)26-17-15-18-27(23(3)4)30(26)34-21-35(31-28(24(5)6)19-16-20-29(31)25(7)8)39-36(32(9,10)11)38(34)37(39)33(12,13)14/h15-25H,1-14H3/q+1. The minimum atomic E-state index is -0.708. The highest BCUT2D eigenvalue weighted by atomic mass is 31.2. The fourth-order valence-electron chi connectivity index (χ4n) is 5.75. The second kappa shape index (κ2) is 10.5. The smallest absolute Gasteiger partial charge is 0.191 e. The van der Waals surface area contributed by atoms with Crippen molar-refractivity contribution in [1.29, 1.82) is 0 Å². The average molecular weight is 568 g/mol. The van der Waals surface area contributed by atoms with Crippen LogP contribution in [0.25, 0.3) is 11.4 Å². The Labute approximate surface area is 240 Å². The highest BCUT2D eigenvalue weighted by Crippen LogP contribution is 2.53. The molecular formula is C33H53N4P2+. The quantitative estimate of drug-likeness (QED) is 0.221. The van der Waals surface area contributed by atoms with Crippen LogP contribution in [0.3, 0.4) is 0 Å². The van der Waals surface area contributed by atoms with Gasteiger partial charge < -0.3 is 0 Å². The highest BCUT2D eigenvalue weighted by Gasteiger charge is 2.43. The topological polar surface area (TPSA) is 18.7 Å². The fourth-order valence-corrected chi connectivity index (χ4v) is 12.9. The molecule has 0 saturated heterocycles. The van der Waals surface area contributed by atoms with Gasteiger partial charge in [0.1, 0.15) is 11.4 Å². The van der Waals surface area contributed by atoms with Crippen molar-refractivity contribution in [2.75, 3.05) is 0 Å². The van der Waals surface area contributed by atoms with Crippen LogP contribution in [0.5, 0.6) is 0 Å². The largest absolute Gasteiger partial charge is 0.303 e. The number of nitrogens with zero attached hydrogens (tertiary/aromatic N) is 4. The molecule has 0 saturated carbocycles. The maximum Gasteiger partial charge on any atom is 0.303 e. The number of hydrogen-bond donors (Lipinski definition) is 0. The van der Waals surface area contributed by atoms with Gasteiger partial charge in [0.25, 0.3) is 0 Å². The Kier molecular flexibility index (Phi) is 8.10. The molecule has 0 aliphatic heterocycles. The van der Waals surface area contributed by atoms with Crippen LogP contribution in [0.1, 0.15) is 143 Å². The second-order valence-corrected chi connectivity index (χ2v) is 18.6. The Hall–Kier alpha value is -1.89. The van der Waals surface area contributed by atoms with Crippen LogP contribution in [0.4, 0.5) is 0 Å². The van der Waals surface area contributed by atoms with Crippen LogP contribution >= 0.6 is 15.6 Å². The van der Waals surface area contributed by atoms with E-state index in [4.69, 9.17) is 0 Å². The maximum atomic E-state index is 2.87. The number of aromatic nitrogens is 4. The third-order valence-electron chi connectivity index (χ3n) is 7.63. The zero-order valence-corrected chi connectivity index (χ0v) is 28.8. The lowest BCUT2D eigenvalue weighted by Crippen LogP contribution is -2.45. The number of benzene rings is 2. The first-order chi connectivity index (χ1) is 18.0. The number of para-hydroxylation sites is 2. The molecule has 6 heteroatoms. The molecule has 0 unspecified atom stereocenters. The van der Waals surface area contributed by atoms with E-state index in [0.717, 1.165) is 0 Å². The van der Waals surface area contributed by atoms with Crippen molar-refractivity contribution in [1.82, 2.24) is 12.5 Å². The van der Waals surface area contributed by atoms with Crippen molar-refractivity contribution in [3.05, 3.63) is 65.0 Å². The molecular weight excluding hydrogens is 514 g/mol. The Morgan fingerprint density at radius 2 is 0.949 bits per heavy atom. The summed E-state index contributed by atoms with van der Waals surface area (Å²) in [5, 5.41) is 0. The number of rotatable bonds is 6. The van der Waals surface area contributed by atoms with Gasteiger partial charge in [-0.1, -0.05) is 91.8 Å². The van der Waals surface area contributed by atoms with Gasteiger partial charge in [0, 0.05) is 0 Å². The van der Waals surface area contributed by atoms with Crippen molar-refractivity contribution in [3.63, 3.8) is 0 Å². The van der Waals surface area contributed by atoms with Gasteiger partial charge in [-0.3, -0.25) is 0 Å². The van der Waals surface area contributed by atoms with Crippen LogP contribution < -0.4 is 4.33 Å². The van der Waals surface area contributed by atoms with Crippen molar-refractivity contribution in [2.45, 2.75) is 132 Å². The van der Waals surface area contributed by atoms with E-state index in [1.54, 1.807) is 0 Å². The first-order valence-corrected chi connectivity index (χ1v) is 17.3. The highest BCUT2D eigenvalue weighted by molar-refractivity contribution is 7.56. The van der Waals surface area contributed by atoms with Gasteiger partial charge in [-0.15, -0.1) is 0 Å². The van der Waals surface area contributed by atoms with Gasteiger partial charge >= 0.3 is 15.6 Å². The molecule has 5 rings (SSSR count). The zero-order chi connectivity index (χ0) is 29.2. The molecule has 5 aromatic rings. The molecule has 0 amide bonds. The number of hydrogen-bond acceptors (Lipinski definition) is 0. The van der Waals surface area contributed by atoms with E-state index in [9.17, 15) is 0 Å². The molecule has 0 aliphatic carbocycles. The molecule has 0 aliphatic rings. The zero-order valence-electron chi connectivity index (χ0n) is 27.0. The van der Waals surface area contributed by atoms with Gasteiger partial charge in [0.15, 0.2) is 6.33 Å². The predicted molar refractivity (Wildman–Crippen MR) is 172 cm³/mol. The minimum absolute atomic E-state index is 0.0411. The average Bonchev–Trinajstić information content (AvgIpc) is 2.80. The molecule has 4 nitrogen and oxygen atoms in total. The molecule has 2 aromatic carbocycles. The molecule has 39 heavy (non-hydrogen) atoms. The molecule has 0 radical (unpaired) electrons. The van der Waals surface area contributed by atoms with Crippen LogP contribution in [0.15, 0.2) is 42.7 Å². The Morgan fingerprint density at radius 3 is 1.28 bits per heavy atom. The molecule has 3 aromatic heterocycles. The lowest BCUT2D eigenvalue weighted by Gasteiger charge is -2.37. The molecule has 0 fully saturated rings. The van der Waals surface area contributed by atoms with E-state index in [2.05, 4.69) is 157 Å². The van der Waals surface area contributed by atoms with E-state index in [-0.39, 0.29) is 11.1 Å². The molecule has 3 heterocycles. The first kappa shape index (κ1) is 30.1. The monoisotopic (exact) mass is 567 g/mol. The summed E-state index contributed by atoms with van der Waals surface area (Å²) in [6.07, 6.45) is 2.53. The summed E-state index contributed by atoms with van der Waals surface area (Å²) in [7, 11) is -1.42. The van der Waals surface area contributed by atoms with Crippen molar-refractivity contribution in [3.8, 4) is 11.4 Å². The summed E-state index contributed by atoms with van der Waals surface area (Å²) in [5.74, 6) is 1.78. The molecule has 0 atom stereocenters. The van der Waals surface area contributed by atoms with E-state index >= 15 is 0 Å². The van der Waals surface area contributed by atoms with Crippen molar-refractivity contribution >= 4 is 15.6 Å². The molecule has 0 N–H and O–H groups in total. The summed E-state index contributed by atoms with van der Waals surface area (Å²) in [5.41, 5.74) is 8.71. The lowest BCUT2D eigenvalue weighted by molar-refractivity contribution is -0.531. The van der Waals surface area contributed by atoms with Gasteiger partial charge in [-0.25, -0.2) is 0 Å². The Bertz CT molecular complexity index is 1300. The lowest BCUT2D eigenvalue weighted by atomic mass is 9.92. The maximum absolute atomic E-state index is 2.87. The van der Waals surface area contributed by atoms with Gasteiger partial charge in [-0.2, -0.15) is 16.8 Å². The normalized spacial score (nSPS) is 14.2. The minimum Gasteiger partial charge on any atom is -0.191 e. The van der Waals surface area contributed by atoms with Crippen LogP contribution in [-0.2, 0) is 11.1 Å². The summed E-state index contributed by atoms with van der Waals surface area (Å²) >= 11 is 0. The van der Waals surface area contributed by atoms with Gasteiger partial charge in [0.2, 0.25) is 0 Å². The Balaban J connectivity index is 2.33. The third-order valence-corrected chi connectivity index (χ3v) is 14.7. The van der Waals surface area contributed by atoms with Crippen LogP contribution in [-0.4, -0.2) is 12.5 Å². The van der Waals surface area contributed by atoms with E-state index in [1.165, 1.54) is 33.6 Å². The second-order valence-electron chi connectivity index (χ2n) is 14.5. The molecule has 2 bridgehead atoms. The van der Waals surface area contributed by atoms with E-state index in [1.807, 2.05) is 0 Å². The molecule has 0 spiro atoms. The van der Waals surface area contributed by atoms with Crippen molar-refractivity contribution in [2.24, 2.45) is 0 Å². The summed E-state index contributed by atoms with van der Waals surface area (Å²) in [6, 6.07) is 14.0. The van der Waals surface area contributed by atoms with E-state index < -0.39 is 15.6 Å². The van der Waals surface area contributed by atoms with Crippen LogP contribution in [0, 0.1) is 0 Å². The first-order valence-electron chi connectivity index (χ1n) is 14.9. The summed E-state index contributed by atoms with van der Waals surface area (Å²) in [4.78, 5) is 0. The fraction of sp³-hybridized carbons (Fsp3) is 0.606. The molecule has 214 valence electrons. The van der Waals surface area contributed by atoms with Gasteiger partial charge in [-0.05, 0) is 87.5 Å². The van der Waals surface area contributed by atoms with Gasteiger partial charge in [0.05, 0.1) is 11.1 Å². The SMILES string of the molecule is CC(C)c1cccc(C(C)C)c1-n1c[n+](-c2c(C(C)C)cccc2C(C)C)p2n(C(C)(C)C)p1n2C(C)(C)C. The predicted octanol–water partition coefficient (Wildman–Crippen LogP) is 10.6. The Morgan fingerprint density at radius 1 is 0.590 bits per heavy atom. The number of fused-ring (bicyclic) bond motifs is 2. The van der Waals surface area contributed by atoms with Crippen LogP contribution in [0.2, 0.25) is 0 Å². The summed E-state index contributed by atoms with van der Waals surface area (Å²) < 4.78 is 11.1. The summed E-state index contributed by atoms with van der Waals surface area (Å²) in [6.45, 7) is 33.2. The third kappa shape index (κ3) is 5.17. The van der Waals surface area contributed by atoms with Crippen molar-refractivity contribution < 1.29 is 4.33 Å². The van der Waals surface area contributed by atoms with E-state index in [0.29, 0.717) is 23.7 Å².